The van der Waals surface area contributed by atoms with Crippen LogP contribution in [0.25, 0.3) is 0 Å². The molecule has 1 aliphatic rings. The van der Waals surface area contributed by atoms with Gasteiger partial charge < -0.3 is 20.5 Å². The third-order valence-electron chi connectivity index (χ3n) is 3.14. The number of nitrogen functional groups attached to an aromatic ring is 1. The number of carbonyl (C=O) groups excluding carboxylic acids is 1. The van der Waals surface area contributed by atoms with Crippen molar-refractivity contribution in [2.45, 2.75) is 13.0 Å². The molecule has 3 N–H and O–H groups in total. The molecule has 1 aliphatic heterocycles. The lowest BCUT2D eigenvalue weighted by molar-refractivity contribution is -0.120. The summed E-state index contributed by atoms with van der Waals surface area (Å²) < 4.78 is 10.7. The maximum atomic E-state index is 11.9. The van der Waals surface area contributed by atoms with Crippen molar-refractivity contribution < 1.29 is 14.3 Å². The molecule has 1 amide bonds. The number of benzene rings is 1. The van der Waals surface area contributed by atoms with Gasteiger partial charge in [-0.1, -0.05) is 12.1 Å². The second-order valence-corrected chi connectivity index (χ2v) is 4.69. The zero-order chi connectivity index (χ0) is 14.7. The highest BCUT2D eigenvalue weighted by atomic mass is 16.7. The van der Waals surface area contributed by atoms with Crippen molar-refractivity contribution in [2.75, 3.05) is 12.5 Å². The lowest BCUT2D eigenvalue weighted by atomic mass is 10.2. The van der Waals surface area contributed by atoms with Crippen LogP contribution in [0.1, 0.15) is 11.3 Å². The van der Waals surface area contributed by atoms with Gasteiger partial charge in [0.05, 0.1) is 18.3 Å². The molecule has 0 spiro atoms. The van der Waals surface area contributed by atoms with Gasteiger partial charge >= 0.3 is 0 Å². The van der Waals surface area contributed by atoms with Crippen LogP contribution in [0.2, 0.25) is 0 Å². The normalized spacial score (nSPS) is 12.2. The van der Waals surface area contributed by atoms with Crippen LogP contribution in [0.3, 0.4) is 0 Å². The summed E-state index contributed by atoms with van der Waals surface area (Å²) in [6.45, 7) is 0.607. The molecule has 0 unspecified atom stereocenters. The fraction of sp³-hybridized carbons (Fsp3) is 0.200. The quantitative estimate of drug-likeness (QED) is 0.883. The molecule has 1 aromatic heterocycles. The number of carbonyl (C=O) groups is 1. The number of nitrogens with one attached hydrogen (secondary N) is 1. The lowest BCUT2D eigenvalue weighted by Crippen LogP contribution is -2.25. The van der Waals surface area contributed by atoms with Crippen molar-refractivity contribution in [1.82, 2.24) is 10.3 Å². The first-order valence-corrected chi connectivity index (χ1v) is 6.57. The number of anilines is 1. The number of para-hydroxylation sites is 1. The Hall–Kier alpha value is -2.76. The first-order valence-electron chi connectivity index (χ1n) is 6.57. The van der Waals surface area contributed by atoms with Crippen molar-refractivity contribution in [3.8, 4) is 11.5 Å². The van der Waals surface area contributed by atoms with Crippen LogP contribution in [0.4, 0.5) is 5.69 Å². The van der Waals surface area contributed by atoms with E-state index in [1.54, 1.807) is 12.1 Å². The molecule has 0 radical (unpaired) electrons. The Labute approximate surface area is 121 Å². The predicted molar refractivity (Wildman–Crippen MR) is 76.8 cm³/mol. The summed E-state index contributed by atoms with van der Waals surface area (Å²) in [5.41, 5.74) is 7.71. The van der Waals surface area contributed by atoms with Crippen molar-refractivity contribution in [2.24, 2.45) is 0 Å². The monoisotopic (exact) mass is 285 g/mol. The largest absolute Gasteiger partial charge is 0.454 e. The van der Waals surface area contributed by atoms with E-state index in [9.17, 15) is 4.79 Å². The standard InChI is InChI=1S/C15H15N3O3/c16-11-4-5-12(17-8-11)6-14(19)18-7-10-2-1-3-13-15(10)21-9-20-13/h1-5,8H,6-7,9,16H2,(H,18,19). The molecule has 6 heteroatoms. The van der Waals surface area contributed by atoms with Gasteiger partial charge in [-0.3, -0.25) is 9.78 Å². The summed E-state index contributed by atoms with van der Waals surface area (Å²) in [5.74, 6) is 1.30. The number of hydrogen-bond acceptors (Lipinski definition) is 5. The third-order valence-corrected chi connectivity index (χ3v) is 3.14. The second kappa shape index (κ2) is 5.70. The number of nitrogens with two attached hydrogens (primary N) is 1. The van der Waals surface area contributed by atoms with E-state index in [1.807, 2.05) is 18.2 Å². The lowest BCUT2D eigenvalue weighted by Gasteiger charge is -2.08. The van der Waals surface area contributed by atoms with Crippen molar-refractivity contribution >= 4 is 11.6 Å². The summed E-state index contributed by atoms with van der Waals surface area (Å²) in [6.07, 6.45) is 1.75. The molecule has 0 aliphatic carbocycles. The number of hydrogen-bond donors (Lipinski definition) is 2. The van der Waals surface area contributed by atoms with E-state index < -0.39 is 0 Å². The smallest absolute Gasteiger partial charge is 0.231 e. The minimum atomic E-state index is -0.108. The van der Waals surface area contributed by atoms with Gasteiger partial charge in [0.2, 0.25) is 12.7 Å². The summed E-state index contributed by atoms with van der Waals surface area (Å²) in [5, 5.41) is 2.85. The van der Waals surface area contributed by atoms with Gasteiger partial charge in [0.15, 0.2) is 11.5 Å². The fourth-order valence-electron chi connectivity index (χ4n) is 2.09. The first-order chi connectivity index (χ1) is 10.2. The van der Waals surface area contributed by atoms with Crippen LogP contribution in [-0.2, 0) is 17.8 Å². The molecule has 0 atom stereocenters. The van der Waals surface area contributed by atoms with E-state index in [1.165, 1.54) is 6.20 Å². The minimum Gasteiger partial charge on any atom is -0.454 e. The minimum absolute atomic E-state index is 0.108. The number of fused-ring (bicyclic) bond motifs is 1. The van der Waals surface area contributed by atoms with Gasteiger partial charge in [0, 0.05) is 17.8 Å². The highest BCUT2D eigenvalue weighted by Gasteiger charge is 2.17. The molecule has 0 saturated carbocycles. The van der Waals surface area contributed by atoms with Crippen LogP contribution >= 0.6 is 0 Å². The number of nitrogens with zero attached hydrogens (tertiary/aromatic N) is 1. The van der Waals surface area contributed by atoms with Crippen molar-refractivity contribution in [1.29, 1.82) is 0 Å². The van der Waals surface area contributed by atoms with E-state index >= 15 is 0 Å². The second-order valence-electron chi connectivity index (χ2n) is 4.69. The Balaban J connectivity index is 1.59. The average molecular weight is 285 g/mol. The summed E-state index contributed by atoms with van der Waals surface area (Å²) in [7, 11) is 0. The predicted octanol–water partition coefficient (Wildman–Crippen LogP) is 1.25. The Kier molecular flexibility index (Phi) is 3.59. The Morgan fingerprint density at radius 3 is 3.00 bits per heavy atom. The Bertz CT molecular complexity index is 656. The van der Waals surface area contributed by atoms with Crippen LogP contribution in [0, 0.1) is 0 Å². The average Bonchev–Trinajstić information content (AvgIpc) is 2.96. The zero-order valence-corrected chi connectivity index (χ0v) is 11.3. The molecule has 108 valence electrons. The Morgan fingerprint density at radius 2 is 2.19 bits per heavy atom. The van der Waals surface area contributed by atoms with Gasteiger partial charge in [-0.15, -0.1) is 0 Å². The van der Waals surface area contributed by atoms with Gasteiger partial charge in [-0.2, -0.15) is 0 Å². The number of aromatic nitrogens is 1. The first kappa shape index (κ1) is 13.2. The zero-order valence-electron chi connectivity index (χ0n) is 11.3. The highest BCUT2D eigenvalue weighted by Crippen LogP contribution is 2.35. The van der Waals surface area contributed by atoms with Gasteiger partial charge in [-0.05, 0) is 18.2 Å². The van der Waals surface area contributed by atoms with E-state index in [4.69, 9.17) is 15.2 Å². The molecule has 3 rings (SSSR count). The maximum absolute atomic E-state index is 11.9. The SMILES string of the molecule is Nc1ccc(CC(=O)NCc2cccc3c2OCO3)nc1. The molecule has 1 aromatic carbocycles. The van der Waals surface area contributed by atoms with Gasteiger partial charge in [-0.25, -0.2) is 0 Å². The van der Waals surface area contributed by atoms with Gasteiger partial charge in [0.25, 0.3) is 0 Å². The summed E-state index contributed by atoms with van der Waals surface area (Å²) in [6, 6.07) is 9.08. The van der Waals surface area contributed by atoms with E-state index in [2.05, 4.69) is 10.3 Å². The van der Waals surface area contributed by atoms with Crippen LogP contribution in [0.5, 0.6) is 11.5 Å². The molecule has 0 bridgehead atoms. The molecule has 6 nitrogen and oxygen atoms in total. The van der Waals surface area contributed by atoms with Crippen LogP contribution in [0.15, 0.2) is 36.5 Å². The molecule has 2 aromatic rings. The molecule has 2 heterocycles. The van der Waals surface area contributed by atoms with E-state index in [0.717, 1.165) is 5.56 Å². The molecular formula is C15H15N3O3. The fourth-order valence-corrected chi connectivity index (χ4v) is 2.09. The topological polar surface area (TPSA) is 86.5 Å². The highest BCUT2D eigenvalue weighted by molar-refractivity contribution is 5.78. The van der Waals surface area contributed by atoms with Crippen molar-refractivity contribution in [3.05, 3.63) is 47.8 Å². The molecular weight excluding hydrogens is 270 g/mol. The van der Waals surface area contributed by atoms with Crippen LogP contribution in [-0.4, -0.2) is 17.7 Å². The molecule has 21 heavy (non-hydrogen) atoms. The molecule has 0 fully saturated rings. The van der Waals surface area contributed by atoms with Crippen LogP contribution < -0.4 is 20.5 Å². The summed E-state index contributed by atoms with van der Waals surface area (Å²) in [4.78, 5) is 16.0. The molecule has 0 saturated heterocycles. The Morgan fingerprint density at radius 1 is 1.29 bits per heavy atom. The number of ether oxygens (including phenoxy) is 2. The van der Waals surface area contributed by atoms with E-state index in [0.29, 0.717) is 29.4 Å². The van der Waals surface area contributed by atoms with E-state index in [-0.39, 0.29) is 19.1 Å². The maximum Gasteiger partial charge on any atom is 0.231 e. The number of amides is 1. The number of rotatable bonds is 4. The third kappa shape index (κ3) is 3.05. The number of pyridine rings is 1. The summed E-state index contributed by atoms with van der Waals surface area (Å²) >= 11 is 0. The van der Waals surface area contributed by atoms with Crippen molar-refractivity contribution in [3.63, 3.8) is 0 Å². The van der Waals surface area contributed by atoms with Gasteiger partial charge in [0.1, 0.15) is 0 Å².